The van der Waals surface area contributed by atoms with Crippen LogP contribution in [0.2, 0.25) is 0 Å². The Morgan fingerprint density at radius 2 is 2.00 bits per heavy atom. The molecule has 6 nitrogen and oxygen atoms in total. The molecule has 2 heterocycles. The first-order chi connectivity index (χ1) is 11.4. The van der Waals surface area contributed by atoms with Crippen LogP contribution >= 0.6 is 11.3 Å². The van der Waals surface area contributed by atoms with Crippen molar-refractivity contribution in [1.29, 1.82) is 0 Å². The molecule has 2 aromatic heterocycles. The van der Waals surface area contributed by atoms with Crippen molar-refractivity contribution in [3.8, 4) is 5.69 Å². The highest BCUT2D eigenvalue weighted by molar-refractivity contribution is 7.15. The van der Waals surface area contributed by atoms with Gasteiger partial charge in [-0.1, -0.05) is 31.3 Å². The number of nitrogens with one attached hydrogen (secondary N) is 1. The molecule has 124 valence electrons. The largest absolute Gasteiger partial charge is 0.296 e. The van der Waals surface area contributed by atoms with Gasteiger partial charge in [0.25, 0.3) is 5.91 Å². The molecule has 0 radical (unpaired) electrons. The average Bonchev–Trinajstić information content (AvgIpc) is 3.14. The number of anilines is 1. The van der Waals surface area contributed by atoms with Crippen LogP contribution in [-0.2, 0) is 0 Å². The van der Waals surface area contributed by atoms with Gasteiger partial charge in [-0.25, -0.2) is 4.68 Å². The van der Waals surface area contributed by atoms with E-state index in [0.717, 1.165) is 22.1 Å². The lowest BCUT2D eigenvalue weighted by Crippen LogP contribution is -2.12. The summed E-state index contributed by atoms with van der Waals surface area (Å²) in [6, 6.07) is 9.37. The highest BCUT2D eigenvalue weighted by Crippen LogP contribution is 2.23. The first-order valence-corrected chi connectivity index (χ1v) is 8.54. The second-order valence-electron chi connectivity index (χ2n) is 5.94. The number of amides is 1. The summed E-state index contributed by atoms with van der Waals surface area (Å²) < 4.78 is 1.83. The van der Waals surface area contributed by atoms with Crippen LogP contribution in [0.3, 0.4) is 0 Å². The number of carbonyl (C=O) groups excluding carboxylic acids is 1. The fraction of sp³-hybridized carbons (Fsp3) is 0.294. The molecule has 0 unspecified atom stereocenters. The first kappa shape index (κ1) is 16.3. The van der Waals surface area contributed by atoms with Crippen molar-refractivity contribution in [3.63, 3.8) is 0 Å². The van der Waals surface area contributed by atoms with Crippen molar-refractivity contribution in [3.05, 3.63) is 52.3 Å². The third-order valence-electron chi connectivity index (χ3n) is 3.52. The van der Waals surface area contributed by atoms with E-state index in [4.69, 9.17) is 0 Å². The zero-order valence-electron chi connectivity index (χ0n) is 14.1. The average molecular weight is 341 g/mol. The molecule has 1 amide bonds. The van der Waals surface area contributed by atoms with Gasteiger partial charge in [-0.3, -0.25) is 10.1 Å². The maximum absolute atomic E-state index is 12.5. The molecule has 0 fully saturated rings. The molecule has 0 saturated carbocycles. The van der Waals surface area contributed by atoms with E-state index in [0.29, 0.717) is 16.6 Å². The van der Waals surface area contributed by atoms with Crippen LogP contribution in [0.4, 0.5) is 5.13 Å². The molecule has 0 aliphatic carbocycles. The van der Waals surface area contributed by atoms with Crippen molar-refractivity contribution in [2.75, 3.05) is 5.32 Å². The summed E-state index contributed by atoms with van der Waals surface area (Å²) in [4.78, 5) is 12.5. The summed E-state index contributed by atoms with van der Waals surface area (Å²) in [7, 11) is 0. The summed E-state index contributed by atoms with van der Waals surface area (Å²) in [5.74, 6) is 0.0901. The zero-order chi connectivity index (χ0) is 17.3. The zero-order valence-corrected chi connectivity index (χ0v) is 14.9. The molecule has 0 saturated heterocycles. The number of nitrogens with zero attached hydrogens (tertiary/aromatic N) is 4. The van der Waals surface area contributed by atoms with E-state index < -0.39 is 0 Å². The molecule has 0 aliphatic heterocycles. The topological polar surface area (TPSA) is 72.7 Å². The van der Waals surface area contributed by atoms with Crippen molar-refractivity contribution in [1.82, 2.24) is 20.0 Å². The minimum Gasteiger partial charge on any atom is -0.296 e. The molecule has 3 aromatic rings. The SMILES string of the molecule is Cc1cc(C)n(-c2cccc(C(=O)Nc3nnc(C(C)C)s3)c2)n1. The van der Waals surface area contributed by atoms with Gasteiger partial charge in [-0.15, -0.1) is 10.2 Å². The second-order valence-corrected chi connectivity index (χ2v) is 6.95. The standard InChI is InChI=1S/C17H19N5OS/c1-10(2)16-19-20-17(24-16)18-15(23)13-6-5-7-14(9-13)22-12(4)8-11(3)21-22/h5-10H,1-4H3,(H,18,20,23). The Kier molecular flexibility index (Phi) is 4.44. The van der Waals surface area contributed by atoms with Crippen LogP contribution in [0.5, 0.6) is 0 Å². The number of hydrogen-bond donors (Lipinski definition) is 1. The molecular weight excluding hydrogens is 322 g/mol. The van der Waals surface area contributed by atoms with Gasteiger partial charge in [0, 0.05) is 17.2 Å². The molecule has 7 heteroatoms. The van der Waals surface area contributed by atoms with Crippen LogP contribution in [0.25, 0.3) is 5.69 Å². The molecule has 3 rings (SSSR count). The van der Waals surface area contributed by atoms with Crippen molar-refractivity contribution in [2.45, 2.75) is 33.6 Å². The van der Waals surface area contributed by atoms with Gasteiger partial charge >= 0.3 is 0 Å². The third kappa shape index (κ3) is 3.35. The van der Waals surface area contributed by atoms with Gasteiger partial charge in [0.05, 0.1) is 11.4 Å². The Hall–Kier alpha value is -2.54. The second kappa shape index (κ2) is 6.52. The van der Waals surface area contributed by atoms with Crippen LogP contribution in [-0.4, -0.2) is 25.9 Å². The van der Waals surface area contributed by atoms with Crippen molar-refractivity contribution < 1.29 is 4.79 Å². The Labute approximate surface area is 144 Å². The Morgan fingerprint density at radius 3 is 2.62 bits per heavy atom. The van der Waals surface area contributed by atoms with Crippen LogP contribution in [0, 0.1) is 13.8 Å². The van der Waals surface area contributed by atoms with Crippen molar-refractivity contribution in [2.24, 2.45) is 0 Å². The van der Waals surface area contributed by atoms with Gasteiger partial charge in [0.15, 0.2) is 0 Å². The summed E-state index contributed by atoms with van der Waals surface area (Å²) in [6.07, 6.45) is 0. The maximum atomic E-state index is 12.5. The summed E-state index contributed by atoms with van der Waals surface area (Å²) in [5, 5.41) is 16.8. The predicted molar refractivity (Wildman–Crippen MR) is 95.0 cm³/mol. The fourth-order valence-electron chi connectivity index (χ4n) is 2.36. The molecule has 1 aromatic carbocycles. The number of hydrogen-bond acceptors (Lipinski definition) is 5. The van der Waals surface area contributed by atoms with E-state index in [1.807, 2.05) is 56.6 Å². The minimum atomic E-state index is -0.204. The number of aryl methyl sites for hydroxylation is 2. The van der Waals surface area contributed by atoms with E-state index in [2.05, 4.69) is 20.6 Å². The highest BCUT2D eigenvalue weighted by atomic mass is 32.1. The smallest absolute Gasteiger partial charge is 0.257 e. The normalized spacial score (nSPS) is 11.0. The van der Waals surface area contributed by atoms with E-state index in [-0.39, 0.29) is 5.91 Å². The lowest BCUT2D eigenvalue weighted by molar-refractivity contribution is 0.102. The monoisotopic (exact) mass is 341 g/mol. The number of aromatic nitrogens is 4. The van der Waals surface area contributed by atoms with E-state index in [9.17, 15) is 4.79 Å². The van der Waals surface area contributed by atoms with Crippen LogP contribution < -0.4 is 5.32 Å². The Bertz CT molecular complexity index is 881. The predicted octanol–water partition coefficient (Wildman–Crippen LogP) is 3.72. The van der Waals surface area contributed by atoms with Crippen molar-refractivity contribution >= 4 is 22.4 Å². The van der Waals surface area contributed by atoms with E-state index in [1.165, 1.54) is 11.3 Å². The number of benzene rings is 1. The van der Waals surface area contributed by atoms with Gasteiger partial charge in [0.1, 0.15) is 5.01 Å². The van der Waals surface area contributed by atoms with Crippen LogP contribution in [0.1, 0.15) is 46.5 Å². The van der Waals surface area contributed by atoms with Gasteiger partial charge in [-0.05, 0) is 38.1 Å². The molecular formula is C17H19N5OS. The first-order valence-electron chi connectivity index (χ1n) is 7.72. The van der Waals surface area contributed by atoms with Gasteiger partial charge in [-0.2, -0.15) is 5.10 Å². The number of rotatable bonds is 4. The third-order valence-corrected chi connectivity index (χ3v) is 4.66. The molecule has 1 N–H and O–H groups in total. The van der Waals surface area contributed by atoms with E-state index in [1.54, 1.807) is 6.07 Å². The fourth-order valence-corrected chi connectivity index (χ4v) is 3.10. The van der Waals surface area contributed by atoms with Crippen LogP contribution in [0.15, 0.2) is 30.3 Å². The highest BCUT2D eigenvalue weighted by Gasteiger charge is 2.13. The number of carbonyl (C=O) groups is 1. The summed E-state index contributed by atoms with van der Waals surface area (Å²) in [5.41, 5.74) is 3.38. The molecule has 0 aliphatic rings. The Morgan fingerprint density at radius 1 is 1.21 bits per heavy atom. The molecule has 0 spiro atoms. The lowest BCUT2D eigenvalue weighted by Gasteiger charge is -2.07. The summed E-state index contributed by atoms with van der Waals surface area (Å²) in [6.45, 7) is 8.03. The lowest BCUT2D eigenvalue weighted by atomic mass is 10.2. The summed E-state index contributed by atoms with van der Waals surface area (Å²) >= 11 is 1.40. The minimum absolute atomic E-state index is 0.204. The quantitative estimate of drug-likeness (QED) is 0.785. The van der Waals surface area contributed by atoms with Gasteiger partial charge in [0.2, 0.25) is 5.13 Å². The van der Waals surface area contributed by atoms with Gasteiger partial charge < -0.3 is 0 Å². The molecule has 24 heavy (non-hydrogen) atoms. The van der Waals surface area contributed by atoms with E-state index >= 15 is 0 Å². The Balaban J connectivity index is 1.82. The molecule has 0 bridgehead atoms. The molecule has 0 atom stereocenters. The maximum Gasteiger partial charge on any atom is 0.257 e.